The predicted octanol–water partition coefficient (Wildman–Crippen LogP) is 2.65. The van der Waals surface area contributed by atoms with Crippen LogP contribution in [0, 0.1) is 5.92 Å². The van der Waals surface area contributed by atoms with Crippen molar-refractivity contribution in [2.45, 2.75) is 31.7 Å². The van der Waals surface area contributed by atoms with E-state index in [2.05, 4.69) is 5.32 Å². The molecule has 0 radical (unpaired) electrons. The van der Waals surface area contributed by atoms with Crippen LogP contribution in [0.5, 0.6) is 5.75 Å². The third-order valence-corrected chi connectivity index (χ3v) is 4.59. The molecule has 21 heavy (non-hydrogen) atoms. The van der Waals surface area contributed by atoms with Gasteiger partial charge in [-0.25, -0.2) is 0 Å². The Kier molecular flexibility index (Phi) is 4.36. The number of amides is 1. The van der Waals surface area contributed by atoms with Crippen LogP contribution in [0.25, 0.3) is 0 Å². The van der Waals surface area contributed by atoms with Crippen molar-refractivity contribution >= 4 is 17.5 Å². The summed E-state index contributed by atoms with van der Waals surface area (Å²) >= 11 is 5.84. The molecule has 2 fully saturated rings. The third kappa shape index (κ3) is 3.50. The predicted molar refractivity (Wildman–Crippen MR) is 82.8 cm³/mol. The summed E-state index contributed by atoms with van der Waals surface area (Å²) < 4.78 is 0. The minimum atomic E-state index is -0.0646. The Bertz CT molecular complexity index is 525. The average Bonchev–Trinajstić information content (AvgIpc) is 3.30. The summed E-state index contributed by atoms with van der Waals surface area (Å²) in [5.41, 5.74) is 0.361. The number of hydrogen-bond donors (Lipinski definition) is 2. The summed E-state index contributed by atoms with van der Waals surface area (Å²) in [7, 11) is 0. The van der Waals surface area contributed by atoms with Crippen molar-refractivity contribution in [2.75, 3.05) is 19.6 Å². The quantitative estimate of drug-likeness (QED) is 0.899. The van der Waals surface area contributed by atoms with Crippen molar-refractivity contribution in [1.29, 1.82) is 0 Å². The number of carbonyl (C=O) groups excluding carboxylic acids is 1. The van der Waals surface area contributed by atoms with E-state index in [9.17, 15) is 9.90 Å². The minimum absolute atomic E-state index is 0.0246. The molecule has 1 heterocycles. The number of rotatable bonds is 4. The number of phenols is 1. The van der Waals surface area contributed by atoms with Gasteiger partial charge in [0.05, 0.1) is 5.56 Å². The van der Waals surface area contributed by atoms with Crippen LogP contribution >= 0.6 is 11.6 Å². The molecule has 1 amide bonds. The highest BCUT2D eigenvalue weighted by atomic mass is 35.5. The summed E-state index contributed by atoms with van der Waals surface area (Å²) in [4.78, 5) is 14.7. The van der Waals surface area contributed by atoms with Crippen molar-refractivity contribution in [2.24, 2.45) is 5.92 Å². The lowest BCUT2D eigenvalue weighted by Gasteiger charge is -2.30. The zero-order valence-electron chi connectivity index (χ0n) is 12.0. The lowest BCUT2D eigenvalue weighted by molar-refractivity contribution is 0.0698. The van der Waals surface area contributed by atoms with E-state index in [-0.39, 0.29) is 11.7 Å². The molecule has 0 bridgehead atoms. The van der Waals surface area contributed by atoms with Crippen LogP contribution in [0.3, 0.4) is 0 Å². The van der Waals surface area contributed by atoms with Gasteiger partial charge in [-0.15, -0.1) is 0 Å². The molecule has 0 spiro atoms. The summed E-state index contributed by atoms with van der Waals surface area (Å²) in [6.07, 6.45) is 4.38. The second-order valence-corrected chi connectivity index (χ2v) is 6.48. The van der Waals surface area contributed by atoms with E-state index in [0.29, 0.717) is 22.5 Å². The molecule has 1 aromatic rings. The van der Waals surface area contributed by atoms with Crippen LogP contribution in [0.2, 0.25) is 5.02 Å². The van der Waals surface area contributed by atoms with Crippen molar-refractivity contribution in [3.8, 4) is 5.75 Å². The smallest absolute Gasteiger partial charge is 0.257 e. The van der Waals surface area contributed by atoms with Crippen LogP contribution < -0.4 is 5.32 Å². The minimum Gasteiger partial charge on any atom is -0.507 e. The lowest BCUT2D eigenvalue weighted by Crippen LogP contribution is -2.40. The number of piperidine rings is 1. The van der Waals surface area contributed by atoms with Gasteiger partial charge in [-0.2, -0.15) is 0 Å². The first-order valence-corrected chi connectivity index (χ1v) is 8.03. The largest absolute Gasteiger partial charge is 0.507 e. The van der Waals surface area contributed by atoms with Crippen LogP contribution in [-0.2, 0) is 0 Å². The van der Waals surface area contributed by atoms with E-state index in [0.717, 1.165) is 45.3 Å². The van der Waals surface area contributed by atoms with Gasteiger partial charge >= 0.3 is 0 Å². The second-order valence-electron chi connectivity index (χ2n) is 6.04. The number of nitrogens with zero attached hydrogens (tertiary/aromatic N) is 1. The molecule has 3 rings (SSSR count). The second kappa shape index (κ2) is 6.24. The number of benzene rings is 1. The highest BCUT2D eigenvalue weighted by Gasteiger charge is 2.35. The number of phenolic OH excluding ortho intramolecular Hbond substituents is 1. The van der Waals surface area contributed by atoms with Crippen molar-refractivity contribution < 1.29 is 9.90 Å². The van der Waals surface area contributed by atoms with E-state index in [1.807, 2.05) is 4.90 Å². The van der Waals surface area contributed by atoms with E-state index in [1.165, 1.54) is 6.07 Å². The molecule has 1 aliphatic carbocycles. The molecule has 1 saturated carbocycles. The van der Waals surface area contributed by atoms with Gasteiger partial charge in [0.2, 0.25) is 0 Å². The summed E-state index contributed by atoms with van der Waals surface area (Å²) in [5.74, 6) is 0.471. The first-order valence-electron chi connectivity index (χ1n) is 7.65. The molecular formula is C16H21ClN2O2. The molecule has 4 nitrogen and oxygen atoms in total. The van der Waals surface area contributed by atoms with Gasteiger partial charge in [0.1, 0.15) is 5.75 Å². The molecule has 0 unspecified atom stereocenters. The monoisotopic (exact) mass is 308 g/mol. The van der Waals surface area contributed by atoms with E-state index < -0.39 is 0 Å². The Balaban J connectivity index is 1.75. The summed E-state index contributed by atoms with van der Waals surface area (Å²) in [6.45, 7) is 2.86. The Hall–Kier alpha value is -1.26. The molecule has 0 atom stereocenters. The maximum Gasteiger partial charge on any atom is 0.257 e. The Labute approximate surface area is 130 Å². The fourth-order valence-electron chi connectivity index (χ4n) is 2.97. The van der Waals surface area contributed by atoms with Gasteiger partial charge in [-0.3, -0.25) is 4.79 Å². The van der Waals surface area contributed by atoms with Gasteiger partial charge in [0, 0.05) is 17.6 Å². The Morgan fingerprint density at radius 3 is 2.62 bits per heavy atom. The zero-order valence-corrected chi connectivity index (χ0v) is 12.8. The number of hydrogen-bond acceptors (Lipinski definition) is 3. The molecule has 1 saturated heterocycles. The number of halogens is 1. The average molecular weight is 309 g/mol. The lowest BCUT2D eigenvalue weighted by atomic mass is 9.97. The van der Waals surface area contributed by atoms with Crippen molar-refractivity contribution in [1.82, 2.24) is 10.2 Å². The summed E-state index contributed by atoms with van der Waals surface area (Å²) in [6, 6.07) is 5.06. The number of carbonyl (C=O) groups is 1. The number of nitrogens with one attached hydrogen (secondary N) is 1. The number of aromatic hydroxyl groups is 1. The maximum absolute atomic E-state index is 12.7. The molecule has 2 aliphatic rings. The van der Waals surface area contributed by atoms with Crippen LogP contribution in [-0.4, -0.2) is 41.6 Å². The fourth-order valence-corrected chi connectivity index (χ4v) is 3.13. The SMILES string of the molecule is O=C(c1ccc(Cl)cc1O)N(CC1CCNCC1)C1CC1. The normalized spacial score (nSPS) is 19.5. The van der Waals surface area contributed by atoms with E-state index >= 15 is 0 Å². The van der Waals surface area contributed by atoms with Gasteiger partial charge in [-0.05, 0) is 62.9 Å². The highest BCUT2D eigenvalue weighted by Crippen LogP contribution is 2.32. The standard InChI is InChI=1S/C16H21ClN2O2/c17-12-1-4-14(15(20)9-12)16(21)19(13-2-3-13)10-11-5-7-18-8-6-11/h1,4,9,11,13,18,20H,2-3,5-8,10H2. The summed E-state index contributed by atoms with van der Waals surface area (Å²) in [5, 5.41) is 13.8. The first kappa shape index (κ1) is 14.7. The molecule has 114 valence electrons. The van der Waals surface area contributed by atoms with Gasteiger partial charge in [-0.1, -0.05) is 11.6 Å². The molecule has 5 heteroatoms. The Morgan fingerprint density at radius 1 is 1.29 bits per heavy atom. The zero-order chi connectivity index (χ0) is 14.8. The van der Waals surface area contributed by atoms with Crippen LogP contribution in [0.1, 0.15) is 36.0 Å². The molecule has 0 aromatic heterocycles. The van der Waals surface area contributed by atoms with E-state index in [1.54, 1.807) is 12.1 Å². The molecule has 1 aliphatic heterocycles. The van der Waals surface area contributed by atoms with Gasteiger partial charge in [0.25, 0.3) is 5.91 Å². The van der Waals surface area contributed by atoms with Gasteiger partial charge in [0.15, 0.2) is 0 Å². The van der Waals surface area contributed by atoms with Crippen molar-refractivity contribution in [3.63, 3.8) is 0 Å². The highest BCUT2D eigenvalue weighted by molar-refractivity contribution is 6.30. The fraction of sp³-hybridized carbons (Fsp3) is 0.562. The molecular weight excluding hydrogens is 288 g/mol. The molecule has 1 aromatic carbocycles. The maximum atomic E-state index is 12.7. The van der Waals surface area contributed by atoms with Crippen LogP contribution in [0.4, 0.5) is 0 Å². The topological polar surface area (TPSA) is 52.6 Å². The third-order valence-electron chi connectivity index (χ3n) is 4.35. The van der Waals surface area contributed by atoms with E-state index in [4.69, 9.17) is 11.6 Å². The molecule has 2 N–H and O–H groups in total. The van der Waals surface area contributed by atoms with Crippen molar-refractivity contribution in [3.05, 3.63) is 28.8 Å². The van der Waals surface area contributed by atoms with Gasteiger partial charge < -0.3 is 15.3 Å². The van der Waals surface area contributed by atoms with Crippen LogP contribution in [0.15, 0.2) is 18.2 Å². The first-order chi connectivity index (χ1) is 10.1. The Morgan fingerprint density at radius 2 is 2.00 bits per heavy atom.